The van der Waals surface area contributed by atoms with Gasteiger partial charge in [-0.1, -0.05) is 80.1 Å². The molecule has 0 aliphatic carbocycles. The highest BCUT2D eigenvalue weighted by Crippen LogP contribution is 2.22. The van der Waals surface area contributed by atoms with Crippen LogP contribution >= 0.6 is 0 Å². The molecule has 4 heteroatoms. The van der Waals surface area contributed by atoms with Crippen LogP contribution < -0.4 is 0 Å². The Morgan fingerprint density at radius 1 is 0.433 bits per heavy atom. The Bertz CT molecular complexity index is 365. The van der Waals surface area contributed by atoms with E-state index < -0.39 is 0 Å². The maximum Gasteiger partial charge on any atom is 0.118 e. The Kier molecular flexibility index (Phi) is 19.8. The molecule has 0 spiro atoms. The second kappa shape index (κ2) is 20.3. The lowest BCUT2D eigenvalue weighted by Crippen LogP contribution is -2.42. The van der Waals surface area contributed by atoms with Gasteiger partial charge in [0.1, 0.15) is 5.82 Å². The minimum atomic E-state index is 1.14. The number of rotatable bonds is 21. The molecule has 0 aromatic carbocycles. The minimum absolute atomic E-state index is 1.14. The van der Waals surface area contributed by atoms with Crippen LogP contribution in [0, 0.1) is 0 Å². The summed E-state index contributed by atoms with van der Waals surface area (Å²) in [4.78, 5) is 8.38. The van der Waals surface area contributed by atoms with E-state index in [1.54, 1.807) is 11.1 Å². The first-order valence-electron chi connectivity index (χ1n) is 13.6. The maximum atomic E-state index is 2.80. The molecule has 0 atom stereocenters. The van der Waals surface area contributed by atoms with Gasteiger partial charge in [0, 0.05) is 44.6 Å². The van der Waals surface area contributed by atoms with Gasteiger partial charge in [0.2, 0.25) is 0 Å². The summed E-state index contributed by atoms with van der Waals surface area (Å²) in [5.74, 6) is 1.62. The van der Waals surface area contributed by atoms with Crippen molar-refractivity contribution >= 4 is 10.2 Å². The summed E-state index contributed by atoms with van der Waals surface area (Å²) in [7, 11) is 1.14. The quantitative estimate of drug-likeness (QED) is 0.198. The molecule has 0 aromatic rings. The van der Waals surface area contributed by atoms with Crippen molar-refractivity contribution in [3.8, 4) is 0 Å². The minimum Gasteiger partial charge on any atom is -0.376 e. The summed E-state index contributed by atoms with van der Waals surface area (Å²) in [6, 6.07) is 0. The van der Waals surface area contributed by atoms with Gasteiger partial charge in [-0.25, -0.2) is 0 Å². The highest BCUT2D eigenvalue weighted by molar-refractivity contribution is 6.21. The highest BCUT2D eigenvalue weighted by atomic mass is 28.1. The lowest BCUT2D eigenvalue weighted by molar-refractivity contribution is 0.184. The predicted octanol–water partition coefficient (Wildman–Crippen LogP) is 6.19. The molecule has 0 amide bonds. The largest absolute Gasteiger partial charge is 0.376 e. The molecular weight excluding hydrogens is 382 g/mol. The van der Waals surface area contributed by atoms with Gasteiger partial charge < -0.3 is 14.7 Å². The Morgan fingerprint density at radius 2 is 0.667 bits per heavy atom. The van der Waals surface area contributed by atoms with Gasteiger partial charge in [-0.3, -0.25) is 0 Å². The topological polar surface area (TPSA) is 9.72 Å². The van der Waals surface area contributed by atoms with Crippen molar-refractivity contribution in [3.63, 3.8) is 0 Å². The van der Waals surface area contributed by atoms with Crippen molar-refractivity contribution in [1.29, 1.82) is 0 Å². The summed E-state index contributed by atoms with van der Waals surface area (Å²) in [6.07, 6.45) is 15.6. The molecule has 0 rings (SSSR count). The molecule has 0 N–H and O–H groups in total. The first-order valence-corrected chi connectivity index (χ1v) is 14.6. The smallest absolute Gasteiger partial charge is 0.118 e. The number of hydrogen-bond acceptors (Lipinski definition) is 3. The zero-order chi connectivity index (χ0) is 22.6. The third-order valence-corrected chi connectivity index (χ3v) is 7.17. The van der Waals surface area contributed by atoms with Gasteiger partial charge >= 0.3 is 0 Å². The SMILES string of the molecule is CCCCN(CCCC)C([SiH3])=C(N(CCCC)CCCC)N(CCCC)CCCC. The fourth-order valence-corrected chi connectivity index (χ4v) is 5.07. The maximum absolute atomic E-state index is 2.80. The van der Waals surface area contributed by atoms with Gasteiger partial charge in [-0.2, -0.15) is 0 Å². The van der Waals surface area contributed by atoms with Crippen LogP contribution in [0.2, 0.25) is 0 Å². The van der Waals surface area contributed by atoms with Crippen LogP contribution in [0.4, 0.5) is 0 Å². The molecular formula is C26H57N3Si. The summed E-state index contributed by atoms with van der Waals surface area (Å²) < 4.78 is 0. The molecule has 0 heterocycles. The van der Waals surface area contributed by atoms with Crippen LogP contribution in [0.5, 0.6) is 0 Å². The molecule has 0 aromatic heterocycles. The van der Waals surface area contributed by atoms with Crippen molar-refractivity contribution in [2.24, 2.45) is 0 Å². The van der Waals surface area contributed by atoms with Crippen molar-refractivity contribution in [3.05, 3.63) is 11.1 Å². The second-order valence-electron chi connectivity index (χ2n) is 8.99. The van der Waals surface area contributed by atoms with Gasteiger partial charge in [-0.15, -0.1) is 0 Å². The van der Waals surface area contributed by atoms with Gasteiger partial charge in [0.15, 0.2) is 0 Å². The van der Waals surface area contributed by atoms with E-state index in [1.165, 1.54) is 116 Å². The van der Waals surface area contributed by atoms with Gasteiger partial charge in [0.25, 0.3) is 0 Å². The molecule has 0 aliphatic heterocycles. The van der Waals surface area contributed by atoms with Crippen molar-refractivity contribution in [2.75, 3.05) is 39.3 Å². The van der Waals surface area contributed by atoms with E-state index in [2.05, 4.69) is 56.2 Å². The number of hydrogen-bond donors (Lipinski definition) is 0. The second-order valence-corrected chi connectivity index (χ2v) is 9.94. The van der Waals surface area contributed by atoms with E-state index in [4.69, 9.17) is 0 Å². The third kappa shape index (κ3) is 12.3. The standard InChI is InChI=1S/C26H57N3Si/c1-7-13-19-27(20-14-8-2)25(28(21-15-9-3)22-16-10-4)26(30)29(23-17-11-5)24-18-12-6/h7-24H2,1-6,30H3. The van der Waals surface area contributed by atoms with E-state index >= 15 is 0 Å². The van der Waals surface area contributed by atoms with Crippen LogP contribution in [0.15, 0.2) is 11.1 Å². The fraction of sp³-hybridized carbons (Fsp3) is 0.923. The molecule has 0 saturated carbocycles. The molecule has 0 fully saturated rings. The molecule has 0 radical (unpaired) electrons. The molecule has 0 aliphatic rings. The molecule has 0 bridgehead atoms. The summed E-state index contributed by atoms with van der Waals surface area (Å²) in [5.41, 5.74) is 0. The zero-order valence-electron chi connectivity index (χ0n) is 22.1. The molecule has 30 heavy (non-hydrogen) atoms. The fourth-order valence-electron chi connectivity index (χ4n) is 3.99. The van der Waals surface area contributed by atoms with Crippen LogP contribution in [0.1, 0.15) is 119 Å². The first kappa shape index (κ1) is 29.4. The molecule has 0 unspecified atom stereocenters. The summed E-state index contributed by atoms with van der Waals surface area (Å²) >= 11 is 0. The predicted molar refractivity (Wildman–Crippen MR) is 141 cm³/mol. The summed E-state index contributed by atoms with van der Waals surface area (Å²) in [6.45, 7) is 21.4. The highest BCUT2D eigenvalue weighted by Gasteiger charge is 2.21. The molecule has 3 nitrogen and oxygen atoms in total. The number of nitrogens with zero attached hydrogens (tertiary/aromatic N) is 3. The lowest BCUT2D eigenvalue weighted by Gasteiger charge is -2.41. The zero-order valence-corrected chi connectivity index (χ0v) is 24.1. The lowest BCUT2D eigenvalue weighted by atomic mass is 10.2. The van der Waals surface area contributed by atoms with Gasteiger partial charge in [0.05, 0.1) is 10.2 Å². The van der Waals surface area contributed by atoms with Crippen molar-refractivity contribution in [1.82, 2.24) is 14.7 Å². The van der Waals surface area contributed by atoms with Gasteiger partial charge in [-0.05, 0) is 38.5 Å². The van der Waals surface area contributed by atoms with Crippen LogP contribution in [0.25, 0.3) is 0 Å². The van der Waals surface area contributed by atoms with Crippen LogP contribution in [-0.4, -0.2) is 64.2 Å². The molecule has 0 saturated heterocycles. The molecule has 180 valence electrons. The number of unbranched alkanes of at least 4 members (excludes halogenated alkanes) is 6. The van der Waals surface area contributed by atoms with Crippen LogP contribution in [-0.2, 0) is 0 Å². The average Bonchev–Trinajstić information content (AvgIpc) is 2.76. The Morgan fingerprint density at radius 3 is 0.900 bits per heavy atom. The van der Waals surface area contributed by atoms with E-state index in [-0.39, 0.29) is 0 Å². The summed E-state index contributed by atoms with van der Waals surface area (Å²) in [5, 5.41) is 1.68. The van der Waals surface area contributed by atoms with Crippen molar-refractivity contribution < 1.29 is 0 Å². The Labute approximate surface area is 194 Å². The van der Waals surface area contributed by atoms with E-state index in [0.717, 1.165) is 10.2 Å². The van der Waals surface area contributed by atoms with Crippen molar-refractivity contribution in [2.45, 2.75) is 119 Å². The van der Waals surface area contributed by atoms with E-state index in [0.29, 0.717) is 0 Å². The first-order chi connectivity index (χ1) is 14.6. The van der Waals surface area contributed by atoms with E-state index in [9.17, 15) is 0 Å². The van der Waals surface area contributed by atoms with Crippen LogP contribution in [0.3, 0.4) is 0 Å². The normalized spacial score (nSPS) is 11.0. The monoisotopic (exact) mass is 439 g/mol. The average molecular weight is 440 g/mol. The van der Waals surface area contributed by atoms with E-state index in [1.807, 2.05) is 0 Å². The Balaban J connectivity index is 6.11. The third-order valence-electron chi connectivity index (χ3n) is 6.09. The Hall–Kier alpha value is -0.643.